The monoisotopic (exact) mass is 481 g/mol. The molecule has 4 rings (SSSR count). The number of pyridine rings is 1. The van der Waals surface area contributed by atoms with Crippen LogP contribution in [0.4, 0.5) is 10.2 Å². The van der Waals surface area contributed by atoms with Gasteiger partial charge >= 0.3 is 5.97 Å². The number of carbonyl (C=O) groups is 1. The van der Waals surface area contributed by atoms with Crippen LogP contribution in [0.15, 0.2) is 78.0 Å². The molecular formula is C25H24FN3O4S. The molecule has 7 nitrogen and oxygen atoms in total. The fourth-order valence-electron chi connectivity index (χ4n) is 3.48. The topological polar surface area (TPSA) is 90.3 Å². The molecule has 0 aliphatic heterocycles. The lowest BCUT2D eigenvalue weighted by Gasteiger charge is -2.11. The maximum atomic E-state index is 14.1. The number of nitrogens with one attached hydrogen (secondary N) is 1. The number of carbonyl (C=O) groups excluding carboxylic acids is 1. The molecule has 0 spiro atoms. The fraction of sp³-hybridized carbons (Fsp3) is 0.200. The molecule has 4 aromatic rings. The highest BCUT2D eigenvalue weighted by atomic mass is 32.2. The Morgan fingerprint density at radius 3 is 2.59 bits per heavy atom. The Kier molecular flexibility index (Phi) is 6.65. The van der Waals surface area contributed by atoms with Gasteiger partial charge in [0.2, 0.25) is 0 Å². The van der Waals surface area contributed by atoms with E-state index in [9.17, 15) is 17.6 Å². The second-order valence-electron chi connectivity index (χ2n) is 7.81. The van der Waals surface area contributed by atoms with E-state index in [0.717, 1.165) is 10.4 Å². The molecule has 0 saturated heterocycles. The molecule has 0 aliphatic rings. The van der Waals surface area contributed by atoms with Crippen LogP contribution in [0.1, 0.15) is 20.3 Å². The van der Waals surface area contributed by atoms with Gasteiger partial charge in [-0.05, 0) is 55.8 Å². The minimum Gasteiger partial charge on any atom is -0.461 e. The number of rotatable bonds is 8. The molecule has 1 unspecified atom stereocenters. The summed E-state index contributed by atoms with van der Waals surface area (Å²) in [6.07, 6.45) is 3.62. The van der Waals surface area contributed by atoms with E-state index in [1.807, 2.05) is 13.8 Å². The van der Waals surface area contributed by atoms with Crippen LogP contribution in [0.2, 0.25) is 0 Å². The largest absolute Gasteiger partial charge is 0.461 e. The van der Waals surface area contributed by atoms with Crippen LogP contribution in [0.25, 0.3) is 22.0 Å². The Bertz CT molecular complexity index is 1420. The van der Waals surface area contributed by atoms with Crippen molar-refractivity contribution in [3.8, 4) is 11.1 Å². The first kappa shape index (κ1) is 23.4. The zero-order chi connectivity index (χ0) is 24.3. The Balaban J connectivity index is 1.66. The molecule has 1 atom stereocenters. The summed E-state index contributed by atoms with van der Waals surface area (Å²) in [7, 11) is -3.94. The molecule has 2 aromatic heterocycles. The van der Waals surface area contributed by atoms with Crippen molar-refractivity contribution in [2.75, 3.05) is 11.9 Å². The maximum absolute atomic E-state index is 14.1. The smallest absolute Gasteiger partial charge is 0.325 e. The average molecular weight is 482 g/mol. The Hall–Kier alpha value is -3.72. The van der Waals surface area contributed by atoms with Crippen LogP contribution in [0.3, 0.4) is 0 Å². The van der Waals surface area contributed by atoms with Gasteiger partial charge in [-0.1, -0.05) is 25.1 Å². The molecule has 0 amide bonds. The normalized spacial score (nSPS) is 12.4. The summed E-state index contributed by atoms with van der Waals surface area (Å²) in [5, 5.41) is 3.48. The number of anilines is 1. The summed E-state index contributed by atoms with van der Waals surface area (Å²) in [6.45, 7) is 3.73. The minimum absolute atomic E-state index is 0.0232. The van der Waals surface area contributed by atoms with Crippen LogP contribution in [-0.2, 0) is 19.6 Å². The predicted molar refractivity (Wildman–Crippen MR) is 128 cm³/mol. The number of ether oxygens (including phenoxy) is 1. The predicted octanol–water partition coefficient (Wildman–Crippen LogP) is 4.83. The summed E-state index contributed by atoms with van der Waals surface area (Å²) < 4.78 is 46.9. The third-order valence-corrected chi connectivity index (χ3v) is 7.12. The number of benzene rings is 2. The number of hydrogen-bond donors (Lipinski definition) is 1. The van der Waals surface area contributed by atoms with Crippen LogP contribution in [0, 0.1) is 5.82 Å². The molecule has 0 saturated carbocycles. The number of aromatic nitrogens is 2. The molecule has 34 heavy (non-hydrogen) atoms. The first-order chi connectivity index (χ1) is 16.3. The average Bonchev–Trinajstić information content (AvgIpc) is 3.23. The van der Waals surface area contributed by atoms with E-state index in [1.54, 1.807) is 42.6 Å². The van der Waals surface area contributed by atoms with E-state index in [0.29, 0.717) is 22.3 Å². The number of fused-ring (bicyclic) bond motifs is 1. The van der Waals surface area contributed by atoms with E-state index < -0.39 is 15.8 Å². The van der Waals surface area contributed by atoms with Crippen LogP contribution in [0.5, 0.6) is 0 Å². The van der Waals surface area contributed by atoms with Crippen molar-refractivity contribution in [3.05, 3.63) is 78.9 Å². The Morgan fingerprint density at radius 2 is 1.91 bits per heavy atom. The van der Waals surface area contributed by atoms with Gasteiger partial charge in [-0.2, -0.15) is 0 Å². The highest BCUT2D eigenvalue weighted by Crippen LogP contribution is 2.33. The van der Waals surface area contributed by atoms with E-state index in [4.69, 9.17) is 4.74 Å². The van der Waals surface area contributed by atoms with Crippen molar-refractivity contribution in [3.63, 3.8) is 0 Å². The van der Waals surface area contributed by atoms with Gasteiger partial charge in [0.1, 0.15) is 18.2 Å². The third-order valence-electron chi connectivity index (χ3n) is 5.43. The lowest BCUT2D eigenvalue weighted by molar-refractivity contribution is -0.146. The Labute approximate surface area is 197 Å². The lowest BCUT2D eigenvalue weighted by atomic mass is 10.1. The van der Waals surface area contributed by atoms with Crippen molar-refractivity contribution in [2.45, 2.75) is 31.3 Å². The number of halogens is 1. The minimum atomic E-state index is -3.94. The molecule has 176 valence electrons. The SMILES string of the molecule is CCC(C)OC(=O)CNc1ccc(-c2cn(S(=O)(=O)c3ccccc3)c3cc(F)ccc23)cn1. The molecule has 2 aromatic carbocycles. The molecule has 9 heteroatoms. The zero-order valence-corrected chi connectivity index (χ0v) is 19.5. The molecule has 0 fully saturated rings. The van der Waals surface area contributed by atoms with Crippen LogP contribution in [-0.4, -0.2) is 36.0 Å². The van der Waals surface area contributed by atoms with Gasteiger partial charge in [0.15, 0.2) is 0 Å². The van der Waals surface area contributed by atoms with Crippen molar-refractivity contribution < 1.29 is 22.3 Å². The van der Waals surface area contributed by atoms with E-state index in [2.05, 4.69) is 10.3 Å². The summed E-state index contributed by atoms with van der Waals surface area (Å²) in [5.41, 5.74) is 1.46. The quantitative estimate of drug-likeness (QED) is 0.363. The summed E-state index contributed by atoms with van der Waals surface area (Å²) in [4.78, 5) is 16.3. The van der Waals surface area contributed by atoms with Crippen molar-refractivity contribution >= 4 is 32.7 Å². The highest BCUT2D eigenvalue weighted by Gasteiger charge is 2.22. The lowest BCUT2D eigenvalue weighted by Crippen LogP contribution is -2.21. The molecule has 0 aliphatic carbocycles. The molecule has 0 bridgehead atoms. The zero-order valence-electron chi connectivity index (χ0n) is 18.7. The van der Waals surface area contributed by atoms with Gasteiger partial charge in [-0.25, -0.2) is 21.8 Å². The Morgan fingerprint density at radius 1 is 1.15 bits per heavy atom. The van der Waals surface area contributed by atoms with E-state index in [-0.39, 0.29) is 29.0 Å². The highest BCUT2D eigenvalue weighted by molar-refractivity contribution is 7.90. The molecule has 2 heterocycles. The number of nitrogens with zero attached hydrogens (tertiary/aromatic N) is 2. The number of hydrogen-bond acceptors (Lipinski definition) is 6. The van der Waals surface area contributed by atoms with Crippen molar-refractivity contribution in [2.24, 2.45) is 0 Å². The first-order valence-electron chi connectivity index (χ1n) is 10.8. The van der Waals surface area contributed by atoms with Gasteiger partial charge in [0.25, 0.3) is 10.0 Å². The van der Waals surface area contributed by atoms with Crippen molar-refractivity contribution in [1.82, 2.24) is 8.96 Å². The molecule has 0 radical (unpaired) electrons. The molecule has 1 N–H and O–H groups in total. The fourth-order valence-corrected chi connectivity index (χ4v) is 4.86. The summed E-state index contributed by atoms with van der Waals surface area (Å²) in [6, 6.07) is 15.5. The van der Waals surface area contributed by atoms with Crippen LogP contribution >= 0.6 is 0 Å². The van der Waals surface area contributed by atoms with Gasteiger partial charge in [0, 0.05) is 28.9 Å². The maximum Gasteiger partial charge on any atom is 0.325 e. The van der Waals surface area contributed by atoms with Gasteiger partial charge < -0.3 is 10.1 Å². The van der Waals surface area contributed by atoms with E-state index in [1.165, 1.54) is 30.5 Å². The standard InChI is InChI=1S/C25H24FN3O4S/c1-3-17(2)33-25(30)15-28-24-12-9-18(14-27-24)22-16-29(23-13-19(26)10-11-21(22)23)34(31,32)20-7-5-4-6-8-20/h4-14,16-17H,3,15H2,1-2H3,(H,27,28). The molecular weight excluding hydrogens is 457 g/mol. The summed E-state index contributed by atoms with van der Waals surface area (Å²) >= 11 is 0. The van der Waals surface area contributed by atoms with E-state index >= 15 is 0 Å². The third kappa shape index (κ3) is 4.79. The first-order valence-corrected chi connectivity index (χ1v) is 12.2. The second kappa shape index (κ2) is 9.64. The van der Waals surface area contributed by atoms with Gasteiger partial charge in [-0.15, -0.1) is 0 Å². The van der Waals surface area contributed by atoms with Crippen molar-refractivity contribution in [1.29, 1.82) is 0 Å². The second-order valence-corrected chi connectivity index (χ2v) is 9.63. The number of esters is 1. The van der Waals surface area contributed by atoms with Gasteiger partial charge in [0.05, 0.1) is 16.5 Å². The summed E-state index contributed by atoms with van der Waals surface area (Å²) in [5.74, 6) is -0.448. The van der Waals surface area contributed by atoms with Crippen LogP contribution < -0.4 is 5.32 Å². The van der Waals surface area contributed by atoms with Gasteiger partial charge in [-0.3, -0.25) is 4.79 Å².